The highest BCUT2D eigenvalue weighted by Crippen LogP contribution is 1.99. The van der Waals surface area contributed by atoms with E-state index in [0.29, 0.717) is 5.90 Å². The number of methoxy groups -OCH3 is 1. The molecule has 0 fully saturated rings. The summed E-state index contributed by atoms with van der Waals surface area (Å²) in [7, 11) is 1.53. The largest absolute Gasteiger partial charge is 0.481 e. The van der Waals surface area contributed by atoms with E-state index < -0.39 is 0 Å². The van der Waals surface area contributed by atoms with Crippen molar-refractivity contribution in [1.29, 1.82) is 0 Å². The zero-order valence-corrected chi connectivity index (χ0v) is 7.02. The van der Waals surface area contributed by atoms with E-state index in [1.165, 1.54) is 25.1 Å². The number of rotatable bonds is 0. The van der Waals surface area contributed by atoms with Gasteiger partial charge >= 0.3 is 0 Å². The van der Waals surface area contributed by atoms with Crippen LogP contribution in [0.5, 0.6) is 0 Å². The molecule has 0 aromatic heterocycles. The average Bonchev–Trinajstić information content (AvgIpc) is 2.28. The summed E-state index contributed by atoms with van der Waals surface area (Å²) in [6, 6.07) is 0. The first-order valence-electron chi connectivity index (χ1n) is 3.49. The molecule has 1 rings (SSSR count). The van der Waals surface area contributed by atoms with Gasteiger partial charge in [0.2, 0.25) is 11.8 Å². The van der Waals surface area contributed by atoms with Gasteiger partial charge < -0.3 is 4.74 Å². The molecule has 0 radical (unpaired) electrons. The van der Waals surface area contributed by atoms with Crippen LogP contribution in [-0.4, -0.2) is 23.8 Å². The zero-order valence-electron chi connectivity index (χ0n) is 7.02. The van der Waals surface area contributed by atoms with Crippen molar-refractivity contribution in [3.05, 3.63) is 24.7 Å². The summed E-state index contributed by atoms with van der Waals surface area (Å²) in [4.78, 5) is 16.2. The van der Waals surface area contributed by atoms with Crippen LogP contribution in [0.25, 0.3) is 0 Å². The normalized spacial score (nSPS) is 15.5. The molecule has 0 spiro atoms. The summed E-state index contributed by atoms with van der Waals surface area (Å²) >= 11 is 0. The van der Waals surface area contributed by atoms with Crippen molar-refractivity contribution >= 4 is 11.8 Å². The van der Waals surface area contributed by atoms with E-state index in [1.807, 2.05) is 0 Å². The van der Waals surface area contributed by atoms with Crippen LogP contribution in [0.15, 0.2) is 29.7 Å². The van der Waals surface area contributed by atoms with Crippen LogP contribution in [0, 0.1) is 0 Å². The molecule has 0 atom stereocenters. The minimum Gasteiger partial charge on any atom is -0.481 e. The fourth-order valence-corrected chi connectivity index (χ4v) is 0.746. The monoisotopic (exact) mass is 166 g/mol. The van der Waals surface area contributed by atoms with Crippen LogP contribution in [0.2, 0.25) is 0 Å². The van der Waals surface area contributed by atoms with Crippen LogP contribution >= 0.6 is 0 Å². The van der Waals surface area contributed by atoms with E-state index >= 15 is 0 Å². The third kappa shape index (κ3) is 1.95. The number of amides is 1. The molecular weight excluding hydrogens is 156 g/mol. The van der Waals surface area contributed by atoms with Crippen molar-refractivity contribution in [3.8, 4) is 0 Å². The van der Waals surface area contributed by atoms with Crippen molar-refractivity contribution < 1.29 is 9.53 Å². The van der Waals surface area contributed by atoms with Crippen molar-refractivity contribution in [3.63, 3.8) is 0 Å². The lowest BCUT2D eigenvalue weighted by Crippen LogP contribution is -2.15. The van der Waals surface area contributed by atoms with Gasteiger partial charge in [0, 0.05) is 31.6 Å². The Morgan fingerprint density at radius 1 is 1.58 bits per heavy atom. The summed E-state index contributed by atoms with van der Waals surface area (Å²) in [5, 5.41) is 0. The number of carbonyl (C=O) groups is 1. The molecule has 4 nitrogen and oxygen atoms in total. The minimum absolute atomic E-state index is 0.0601. The SMILES string of the molecule is COC1=NC=CN(C(C)=O)C=C1. The standard InChI is InChI=1S/C8H10N2O2/c1-7(11)10-5-3-8(12-2)9-4-6-10/h3-6H,1-2H3. The van der Waals surface area contributed by atoms with Gasteiger partial charge in [-0.25, -0.2) is 4.99 Å². The maximum atomic E-state index is 10.9. The first kappa shape index (κ1) is 8.52. The Morgan fingerprint density at radius 2 is 2.33 bits per heavy atom. The van der Waals surface area contributed by atoms with E-state index in [-0.39, 0.29) is 5.91 Å². The summed E-state index contributed by atoms with van der Waals surface area (Å²) in [5.41, 5.74) is 0. The maximum absolute atomic E-state index is 10.9. The molecule has 0 N–H and O–H groups in total. The fraction of sp³-hybridized carbons (Fsp3) is 0.250. The number of hydrogen-bond donors (Lipinski definition) is 0. The van der Waals surface area contributed by atoms with Crippen LogP contribution in [0.3, 0.4) is 0 Å². The van der Waals surface area contributed by atoms with Crippen LogP contribution in [-0.2, 0) is 9.53 Å². The summed E-state index contributed by atoms with van der Waals surface area (Å²) in [6.07, 6.45) is 6.32. The Bertz CT molecular complexity index is 266. The minimum atomic E-state index is -0.0601. The van der Waals surface area contributed by atoms with Crippen molar-refractivity contribution in [2.24, 2.45) is 4.99 Å². The lowest BCUT2D eigenvalue weighted by molar-refractivity contribution is -0.124. The van der Waals surface area contributed by atoms with E-state index in [4.69, 9.17) is 4.74 Å². The van der Waals surface area contributed by atoms with Crippen molar-refractivity contribution in [2.45, 2.75) is 6.92 Å². The molecular formula is C8H10N2O2. The van der Waals surface area contributed by atoms with Gasteiger partial charge in [0.05, 0.1) is 7.11 Å². The molecule has 0 aliphatic carbocycles. The van der Waals surface area contributed by atoms with Gasteiger partial charge in [0.15, 0.2) is 0 Å². The second-order valence-electron chi connectivity index (χ2n) is 2.21. The smallest absolute Gasteiger partial charge is 0.227 e. The van der Waals surface area contributed by atoms with Gasteiger partial charge in [-0.2, -0.15) is 0 Å². The molecule has 0 saturated heterocycles. The molecule has 1 aliphatic heterocycles. The summed E-state index contributed by atoms with van der Waals surface area (Å²) in [5.74, 6) is 0.421. The number of aliphatic imine (C=N–C) groups is 1. The van der Waals surface area contributed by atoms with Crippen LogP contribution in [0.4, 0.5) is 0 Å². The van der Waals surface area contributed by atoms with E-state index in [1.54, 1.807) is 18.5 Å². The molecule has 64 valence electrons. The van der Waals surface area contributed by atoms with E-state index in [9.17, 15) is 4.79 Å². The molecule has 0 unspecified atom stereocenters. The van der Waals surface area contributed by atoms with Gasteiger partial charge in [-0.3, -0.25) is 9.69 Å². The van der Waals surface area contributed by atoms with Crippen LogP contribution in [0.1, 0.15) is 6.92 Å². The third-order valence-corrected chi connectivity index (χ3v) is 1.38. The van der Waals surface area contributed by atoms with Crippen LogP contribution < -0.4 is 0 Å². The maximum Gasteiger partial charge on any atom is 0.227 e. The van der Waals surface area contributed by atoms with Gasteiger partial charge in [-0.1, -0.05) is 0 Å². The molecule has 1 heterocycles. The predicted molar refractivity (Wildman–Crippen MR) is 45.2 cm³/mol. The number of ether oxygens (including phenoxy) is 1. The van der Waals surface area contributed by atoms with Gasteiger partial charge in [0.1, 0.15) is 0 Å². The summed E-state index contributed by atoms with van der Waals surface area (Å²) in [6.45, 7) is 1.48. The topological polar surface area (TPSA) is 41.9 Å². The number of nitrogens with zero attached hydrogens (tertiary/aromatic N) is 2. The highest BCUT2D eigenvalue weighted by Gasteiger charge is 2.02. The van der Waals surface area contributed by atoms with Gasteiger partial charge in [-0.15, -0.1) is 0 Å². The number of hydrogen-bond acceptors (Lipinski definition) is 3. The Morgan fingerprint density at radius 3 is 2.92 bits per heavy atom. The Balaban J connectivity index is 2.76. The van der Waals surface area contributed by atoms with E-state index in [0.717, 1.165) is 0 Å². The second-order valence-corrected chi connectivity index (χ2v) is 2.21. The zero-order chi connectivity index (χ0) is 8.97. The predicted octanol–water partition coefficient (Wildman–Crippen LogP) is 0.878. The molecule has 0 aromatic carbocycles. The van der Waals surface area contributed by atoms with Gasteiger partial charge in [0.25, 0.3) is 0 Å². The third-order valence-electron chi connectivity index (χ3n) is 1.38. The number of carbonyl (C=O) groups excluding carboxylic acids is 1. The Hall–Kier alpha value is -1.58. The average molecular weight is 166 g/mol. The molecule has 1 aliphatic rings. The van der Waals surface area contributed by atoms with Crippen molar-refractivity contribution in [1.82, 2.24) is 4.90 Å². The summed E-state index contributed by atoms with van der Waals surface area (Å²) < 4.78 is 4.87. The Labute approximate surface area is 70.8 Å². The quantitative estimate of drug-likeness (QED) is 0.536. The fourth-order valence-electron chi connectivity index (χ4n) is 0.746. The highest BCUT2D eigenvalue weighted by atomic mass is 16.5. The highest BCUT2D eigenvalue weighted by molar-refractivity contribution is 5.89. The molecule has 12 heavy (non-hydrogen) atoms. The lowest BCUT2D eigenvalue weighted by Gasteiger charge is -2.07. The van der Waals surface area contributed by atoms with Crippen molar-refractivity contribution in [2.75, 3.05) is 7.11 Å². The van der Waals surface area contributed by atoms with E-state index in [2.05, 4.69) is 4.99 Å². The Kier molecular flexibility index (Phi) is 2.63. The molecule has 4 heteroatoms. The molecule has 0 saturated carbocycles. The first-order valence-corrected chi connectivity index (χ1v) is 3.49. The van der Waals surface area contributed by atoms with Gasteiger partial charge in [-0.05, 0) is 0 Å². The lowest BCUT2D eigenvalue weighted by atomic mass is 10.5. The first-order chi connectivity index (χ1) is 5.74. The molecule has 0 bridgehead atoms. The second kappa shape index (κ2) is 3.71. The molecule has 1 amide bonds. The molecule has 0 aromatic rings.